The molecule has 0 saturated carbocycles. The van der Waals surface area contributed by atoms with Gasteiger partial charge in [0.05, 0.1) is 11.4 Å². The smallest absolute Gasteiger partial charge is 0.243 e. The van der Waals surface area contributed by atoms with E-state index in [0.29, 0.717) is 50.6 Å². The lowest BCUT2D eigenvalue weighted by molar-refractivity contribution is -0.127. The van der Waals surface area contributed by atoms with Crippen molar-refractivity contribution >= 4 is 21.8 Å². The normalized spacial score (nSPS) is 19.1. The lowest BCUT2D eigenvalue weighted by atomic mass is 10.3. The lowest BCUT2D eigenvalue weighted by Gasteiger charge is -2.33. The fourth-order valence-electron chi connectivity index (χ4n) is 3.57. The van der Waals surface area contributed by atoms with Crippen LogP contribution < -0.4 is 5.32 Å². The number of nitrogens with zero attached hydrogens (tertiary/aromatic N) is 3. The van der Waals surface area contributed by atoms with Crippen molar-refractivity contribution in [2.24, 2.45) is 0 Å². The average Bonchev–Trinajstić information content (AvgIpc) is 3.11. The van der Waals surface area contributed by atoms with Crippen LogP contribution >= 0.6 is 0 Å². The number of hydrogen-bond donors (Lipinski definition) is 1. The van der Waals surface area contributed by atoms with Gasteiger partial charge in [-0.3, -0.25) is 14.5 Å². The summed E-state index contributed by atoms with van der Waals surface area (Å²) in [4.78, 5) is 27.8. The monoisotopic (exact) mass is 408 g/mol. The van der Waals surface area contributed by atoms with Gasteiger partial charge in [-0.1, -0.05) is 18.2 Å². The average molecular weight is 409 g/mol. The number of benzene rings is 1. The number of nitrogens with one attached hydrogen (secondary N) is 1. The van der Waals surface area contributed by atoms with Crippen molar-refractivity contribution in [2.75, 3.05) is 52.4 Å². The predicted octanol–water partition coefficient (Wildman–Crippen LogP) is 0.122. The molecule has 154 valence electrons. The zero-order valence-electron chi connectivity index (χ0n) is 16.0. The molecule has 0 bridgehead atoms. The Bertz CT molecular complexity index is 776. The Morgan fingerprint density at radius 1 is 1.04 bits per heavy atom. The molecule has 2 aliphatic rings. The van der Waals surface area contributed by atoms with Gasteiger partial charge in [-0.2, -0.15) is 4.31 Å². The highest BCUT2D eigenvalue weighted by Gasteiger charge is 2.28. The van der Waals surface area contributed by atoms with Crippen molar-refractivity contribution in [1.82, 2.24) is 19.4 Å². The number of hydrogen-bond acceptors (Lipinski definition) is 5. The maximum absolute atomic E-state index is 12.6. The summed E-state index contributed by atoms with van der Waals surface area (Å²) in [5.74, 6) is 0.141. The summed E-state index contributed by atoms with van der Waals surface area (Å²) < 4.78 is 26.7. The van der Waals surface area contributed by atoms with Crippen LogP contribution in [0.5, 0.6) is 0 Å². The van der Waals surface area contributed by atoms with Gasteiger partial charge in [0, 0.05) is 52.2 Å². The van der Waals surface area contributed by atoms with Crippen LogP contribution in [-0.4, -0.2) is 86.7 Å². The first kappa shape index (κ1) is 20.8. The first-order valence-corrected chi connectivity index (χ1v) is 11.2. The first-order valence-electron chi connectivity index (χ1n) is 9.79. The van der Waals surface area contributed by atoms with Gasteiger partial charge in [0.2, 0.25) is 21.8 Å². The molecule has 0 unspecified atom stereocenters. The molecule has 1 aromatic carbocycles. The number of carbonyl (C=O) groups excluding carboxylic acids is 2. The second-order valence-electron chi connectivity index (χ2n) is 7.18. The Hall–Kier alpha value is -1.97. The van der Waals surface area contributed by atoms with E-state index in [1.165, 1.54) is 4.31 Å². The number of sulfonamides is 1. The summed E-state index contributed by atoms with van der Waals surface area (Å²) in [5.41, 5.74) is 0. The number of piperazine rings is 1. The maximum Gasteiger partial charge on any atom is 0.243 e. The highest BCUT2D eigenvalue weighted by molar-refractivity contribution is 7.89. The number of amides is 2. The molecule has 2 saturated heterocycles. The Balaban J connectivity index is 1.36. The van der Waals surface area contributed by atoms with E-state index in [2.05, 4.69) is 5.32 Å². The highest BCUT2D eigenvalue weighted by atomic mass is 32.2. The molecule has 8 nitrogen and oxygen atoms in total. The second-order valence-corrected chi connectivity index (χ2v) is 9.12. The molecule has 0 atom stereocenters. The predicted molar refractivity (Wildman–Crippen MR) is 105 cm³/mol. The van der Waals surface area contributed by atoms with E-state index in [0.717, 1.165) is 19.4 Å². The Kier molecular flexibility index (Phi) is 7.03. The Labute approximate surface area is 166 Å². The van der Waals surface area contributed by atoms with Crippen LogP contribution in [0.2, 0.25) is 0 Å². The topological polar surface area (TPSA) is 90.0 Å². The van der Waals surface area contributed by atoms with Gasteiger partial charge < -0.3 is 10.2 Å². The van der Waals surface area contributed by atoms with Gasteiger partial charge in [0.25, 0.3) is 0 Å². The van der Waals surface area contributed by atoms with Gasteiger partial charge in [0.15, 0.2) is 0 Å². The molecule has 0 aliphatic carbocycles. The van der Waals surface area contributed by atoms with E-state index in [1.807, 2.05) is 9.80 Å². The highest BCUT2D eigenvalue weighted by Crippen LogP contribution is 2.17. The van der Waals surface area contributed by atoms with E-state index in [4.69, 9.17) is 0 Å². The summed E-state index contributed by atoms with van der Waals surface area (Å²) in [6, 6.07) is 8.43. The first-order chi connectivity index (χ1) is 13.5. The van der Waals surface area contributed by atoms with Gasteiger partial charge in [-0.05, 0) is 25.0 Å². The zero-order valence-corrected chi connectivity index (χ0v) is 16.9. The van der Waals surface area contributed by atoms with Crippen LogP contribution in [0.1, 0.15) is 19.3 Å². The fourth-order valence-corrected chi connectivity index (χ4v) is 5.01. The molecule has 2 heterocycles. The van der Waals surface area contributed by atoms with E-state index in [1.54, 1.807) is 30.3 Å². The minimum Gasteiger partial charge on any atom is -0.355 e. The Morgan fingerprint density at radius 3 is 2.39 bits per heavy atom. The van der Waals surface area contributed by atoms with Crippen molar-refractivity contribution in [3.63, 3.8) is 0 Å². The van der Waals surface area contributed by atoms with Crippen molar-refractivity contribution in [3.05, 3.63) is 30.3 Å². The molecule has 0 radical (unpaired) electrons. The van der Waals surface area contributed by atoms with E-state index >= 15 is 0 Å². The molecule has 1 aromatic rings. The van der Waals surface area contributed by atoms with E-state index in [9.17, 15) is 18.0 Å². The van der Waals surface area contributed by atoms with Crippen LogP contribution in [0.25, 0.3) is 0 Å². The van der Waals surface area contributed by atoms with Crippen LogP contribution in [0, 0.1) is 0 Å². The summed E-state index contributed by atoms with van der Waals surface area (Å²) in [6.07, 6.45) is 2.32. The quantitative estimate of drug-likeness (QED) is 0.617. The lowest BCUT2D eigenvalue weighted by Crippen LogP contribution is -2.51. The standard InChI is InChI=1S/C19H28N4O4S/c24-18(20-9-5-11-22-10-4-8-19(22)25)16-21-12-14-23(15-13-21)28(26,27)17-6-2-1-3-7-17/h1-3,6-7H,4-5,8-16H2,(H,20,24). The van der Waals surface area contributed by atoms with Gasteiger partial charge in [-0.25, -0.2) is 8.42 Å². The van der Waals surface area contributed by atoms with Crippen molar-refractivity contribution in [3.8, 4) is 0 Å². The summed E-state index contributed by atoms with van der Waals surface area (Å²) in [5, 5.41) is 2.89. The SMILES string of the molecule is O=C(CN1CCN(S(=O)(=O)c2ccccc2)CC1)NCCCN1CCCC1=O. The van der Waals surface area contributed by atoms with Crippen molar-refractivity contribution in [1.29, 1.82) is 0 Å². The zero-order chi connectivity index (χ0) is 20.0. The molecular weight excluding hydrogens is 380 g/mol. The summed E-state index contributed by atoms with van der Waals surface area (Å²) in [6.45, 7) is 4.14. The minimum absolute atomic E-state index is 0.0629. The molecule has 9 heteroatoms. The third-order valence-electron chi connectivity index (χ3n) is 5.18. The minimum atomic E-state index is -3.47. The largest absolute Gasteiger partial charge is 0.355 e. The van der Waals surface area contributed by atoms with Gasteiger partial charge in [0.1, 0.15) is 0 Å². The number of likely N-dealkylation sites (tertiary alicyclic amines) is 1. The fraction of sp³-hybridized carbons (Fsp3) is 0.579. The third-order valence-corrected chi connectivity index (χ3v) is 7.09. The molecule has 1 N–H and O–H groups in total. The molecule has 2 amide bonds. The summed E-state index contributed by atoms with van der Waals surface area (Å²) >= 11 is 0. The Morgan fingerprint density at radius 2 is 1.75 bits per heavy atom. The molecule has 2 aliphatic heterocycles. The molecule has 2 fully saturated rings. The number of rotatable bonds is 8. The van der Waals surface area contributed by atoms with Crippen LogP contribution in [0.4, 0.5) is 0 Å². The number of carbonyl (C=O) groups is 2. The van der Waals surface area contributed by atoms with Crippen LogP contribution in [0.15, 0.2) is 35.2 Å². The maximum atomic E-state index is 12.6. The van der Waals surface area contributed by atoms with E-state index in [-0.39, 0.29) is 18.4 Å². The molecule has 0 aromatic heterocycles. The van der Waals surface area contributed by atoms with Crippen LogP contribution in [0.3, 0.4) is 0 Å². The van der Waals surface area contributed by atoms with Gasteiger partial charge >= 0.3 is 0 Å². The molecule has 0 spiro atoms. The third kappa shape index (κ3) is 5.30. The van der Waals surface area contributed by atoms with E-state index < -0.39 is 10.0 Å². The molecule has 3 rings (SSSR count). The van der Waals surface area contributed by atoms with Crippen molar-refractivity contribution in [2.45, 2.75) is 24.2 Å². The molecule has 28 heavy (non-hydrogen) atoms. The second kappa shape index (κ2) is 9.49. The summed E-state index contributed by atoms with van der Waals surface area (Å²) in [7, 11) is -3.47. The van der Waals surface area contributed by atoms with Crippen LogP contribution in [-0.2, 0) is 19.6 Å². The molecular formula is C19H28N4O4S. The van der Waals surface area contributed by atoms with Crippen molar-refractivity contribution < 1.29 is 18.0 Å². The van der Waals surface area contributed by atoms with Gasteiger partial charge in [-0.15, -0.1) is 0 Å².